The first-order chi connectivity index (χ1) is 4.76. The van der Waals surface area contributed by atoms with Crippen molar-refractivity contribution in [2.45, 2.75) is 32.7 Å². The van der Waals surface area contributed by atoms with Gasteiger partial charge in [-0.1, -0.05) is 13.8 Å². The van der Waals surface area contributed by atoms with Crippen molar-refractivity contribution in [1.82, 2.24) is 4.90 Å². The van der Waals surface area contributed by atoms with Crippen LogP contribution in [0.3, 0.4) is 0 Å². The van der Waals surface area contributed by atoms with Crippen molar-refractivity contribution in [3.63, 3.8) is 0 Å². The second-order valence-electron chi connectivity index (χ2n) is 2.64. The summed E-state index contributed by atoms with van der Waals surface area (Å²) in [7, 11) is 2.14. The number of hydrogen-bond acceptors (Lipinski definition) is 1. The minimum atomic E-state index is 0.721. The number of nitrogens with zero attached hydrogens (tertiary/aromatic N) is 1. The molecule has 0 aliphatic rings. The lowest BCUT2D eigenvalue weighted by molar-refractivity contribution is 0.243. The zero-order valence-corrected chi connectivity index (χ0v) is 7.99. The van der Waals surface area contributed by atoms with Gasteiger partial charge < -0.3 is 4.90 Å². The molecule has 0 aromatic carbocycles. The normalized spacial score (nSPS) is 11.4. The molecule has 2 heteroatoms. The molecule has 0 aromatic rings. The summed E-state index contributed by atoms with van der Waals surface area (Å²) >= 11 is 5.61. The van der Waals surface area contributed by atoms with Crippen LogP contribution in [0.15, 0.2) is 0 Å². The zero-order chi connectivity index (χ0) is 7.98. The molecule has 0 aliphatic carbocycles. The minimum Gasteiger partial charge on any atom is -0.302 e. The van der Waals surface area contributed by atoms with Gasteiger partial charge in [0, 0.05) is 18.5 Å². The first-order valence-corrected chi connectivity index (χ1v) is 4.55. The number of halogens is 1. The quantitative estimate of drug-likeness (QED) is 0.563. The van der Waals surface area contributed by atoms with E-state index in [2.05, 4.69) is 25.8 Å². The van der Waals surface area contributed by atoms with E-state index in [0.717, 1.165) is 18.5 Å². The molecule has 0 spiro atoms. The highest BCUT2D eigenvalue weighted by molar-refractivity contribution is 6.18. The maximum atomic E-state index is 5.61. The summed E-state index contributed by atoms with van der Waals surface area (Å²) in [6.07, 6.45) is 2.45. The maximum absolute atomic E-state index is 5.61. The lowest BCUT2D eigenvalue weighted by Gasteiger charge is -2.24. The molecular formula is C8H18ClN. The van der Waals surface area contributed by atoms with Gasteiger partial charge >= 0.3 is 0 Å². The fraction of sp³-hybridized carbons (Fsp3) is 1.00. The molecule has 0 bridgehead atoms. The Balaban J connectivity index is 3.53. The molecule has 0 atom stereocenters. The van der Waals surface area contributed by atoms with E-state index in [9.17, 15) is 0 Å². The summed E-state index contributed by atoms with van der Waals surface area (Å²) in [6.45, 7) is 5.45. The Bertz CT molecular complexity index is 71.7. The van der Waals surface area contributed by atoms with Crippen LogP contribution in [-0.4, -0.2) is 30.4 Å². The number of rotatable bonds is 5. The minimum absolute atomic E-state index is 0.721. The zero-order valence-electron chi connectivity index (χ0n) is 7.23. The first kappa shape index (κ1) is 10.2. The molecule has 0 unspecified atom stereocenters. The van der Waals surface area contributed by atoms with Gasteiger partial charge in [0.15, 0.2) is 0 Å². The monoisotopic (exact) mass is 163 g/mol. The third-order valence-electron chi connectivity index (χ3n) is 2.00. The Hall–Kier alpha value is 0.250. The molecule has 0 radical (unpaired) electrons. The largest absolute Gasteiger partial charge is 0.302 e. The Morgan fingerprint density at radius 2 is 1.80 bits per heavy atom. The van der Waals surface area contributed by atoms with Gasteiger partial charge in [0.05, 0.1) is 0 Å². The molecule has 1 nitrogen and oxygen atoms in total. The van der Waals surface area contributed by atoms with Gasteiger partial charge in [-0.2, -0.15) is 0 Å². The summed E-state index contributed by atoms with van der Waals surface area (Å²) in [5, 5.41) is 0. The highest BCUT2D eigenvalue weighted by Crippen LogP contribution is 2.04. The second kappa shape index (κ2) is 5.99. The van der Waals surface area contributed by atoms with E-state index < -0.39 is 0 Å². The third-order valence-corrected chi connectivity index (χ3v) is 2.17. The second-order valence-corrected chi connectivity index (χ2v) is 3.02. The van der Waals surface area contributed by atoms with E-state index in [-0.39, 0.29) is 0 Å². The molecule has 62 valence electrons. The molecule has 0 saturated heterocycles. The summed E-state index contributed by atoms with van der Waals surface area (Å²) in [5.41, 5.74) is 0. The van der Waals surface area contributed by atoms with Gasteiger partial charge in [-0.25, -0.2) is 0 Å². The summed E-state index contributed by atoms with van der Waals surface area (Å²) < 4.78 is 0. The molecule has 0 aromatic heterocycles. The molecule has 0 amide bonds. The number of hydrogen-bond donors (Lipinski definition) is 0. The van der Waals surface area contributed by atoms with Crippen molar-refractivity contribution in [3.05, 3.63) is 0 Å². The Labute approximate surface area is 69.4 Å². The van der Waals surface area contributed by atoms with Crippen LogP contribution in [0.5, 0.6) is 0 Å². The summed E-state index contributed by atoms with van der Waals surface area (Å²) in [6, 6.07) is 0.721. The molecule has 0 rings (SSSR count). The van der Waals surface area contributed by atoms with Crippen molar-refractivity contribution in [2.75, 3.05) is 19.5 Å². The average Bonchev–Trinajstić information content (AvgIpc) is 1.91. The highest BCUT2D eigenvalue weighted by Gasteiger charge is 2.07. The average molecular weight is 164 g/mol. The fourth-order valence-electron chi connectivity index (χ4n) is 1.23. The van der Waals surface area contributed by atoms with Crippen molar-refractivity contribution < 1.29 is 0 Å². The first-order valence-electron chi connectivity index (χ1n) is 4.02. The lowest BCUT2D eigenvalue weighted by Crippen LogP contribution is -2.32. The third kappa shape index (κ3) is 3.43. The van der Waals surface area contributed by atoms with Crippen molar-refractivity contribution in [3.8, 4) is 0 Å². The van der Waals surface area contributed by atoms with Gasteiger partial charge in [0.25, 0.3) is 0 Å². The topological polar surface area (TPSA) is 3.24 Å². The summed E-state index contributed by atoms with van der Waals surface area (Å²) in [5.74, 6) is 0.743. The van der Waals surface area contributed by atoms with Crippen LogP contribution in [0, 0.1) is 0 Å². The molecule has 0 aliphatic heterocycles. The van der Waals surface area contributed by atoms with E-state index in [4.69, 9.17) is 11.6 Å². The van der Waals surface area contributed by atoms with E-state index in [1.807, 2.05) is 0 Å². The van der Waals surface area contributed by atoms with Crippen LogP contribution in [0.4, 0.5) is 0 Å². The smallest absolute Gasteiger partial charge is 0.0351 e. The van der Waals surface area contributed by atoms with Crippen LogP contribution >= 0.6 is 11.6 Å². The molecule has 0 heterocycles. The van der Waals surface area contributed by atoms with Crippen molar-refractivity contribution in [1.29, 1.82) is 0 Å². The predicted molar refractivity (Wildman–Crippen MR) is 47.7 cm³/mol. The lowest BCUT2D eigenvalue weighted by atomic mass is 10.1. The van der Waals surface area contributed by atoms with Crippen LogP contribution in [0.1, 0.15) is 26.7 Å². The standard InChI is InChI=1S/C8H18ClN/c1-4-8(5-2)10(3)7-6-9/h8H,4-7H2,1-3H3. The van der Waals surface area contributed by atoms with Gasteiger partial charge in [-0.15, -0.1) is 11.6 Å². The molecule has 0 saturated carbocycles. The van der Waals surface area contributed by atoms with Crippen LogP contribution in [0.2, 0.25) is 0 Å². The van der Waals surface area contributed by atoms with Gasteiger partial charge in [0.2, 0.25) is 0 Å². The summed E-state index contributed by atoms with van der Waals surface area (Å²) in [4.78, 5) is 2.33. The maximum Gasteiger partial charge on any atom is 0.0351 e. The van der Waals surface area contributed by atoms with E-state index in [1.54, 1.807) is 0 Å². The molecule has 0 N–H and O–H groups in total. The van der Waals surface area contributed by atoms with Gasteiger partial charge in [-0.05, 0) is 19.9 Å². The van der Waals surface area contributed by atoms with Gasteiger partial charge in [-0.3, -0.25) is 0 Å². The van der Waals surface area contributed by atoms with Crippen molar-refractivity contribution >= 4 is 11.6 Å². The Kier molecular flexibility index (Phi) is 6.14. The fourth-order valence-corrected chi connectivity index (χ4v) is 1.49. The SMILES string of the molecule is CCC(CC)N(C)CCCl. The molecule has 0 fully saturated rings. The molecular weight excluding hydrogens is 146 g/mol. The highest BCUT2D eigenvalue weighted by atomic mass is 35.5. The van der Waals surface area contributed by atoms with E-state index >= 15 is 0 Å². The predicted octanol–water partition coefficient (Wildman–Crippen LogP) is 2.35. The van der Waals surface area contributed by atoms with Crippen LogP contribution in [-0.2, 0) is 0 Å². The number of alkyl halides is 1. The molecule has 10 heavy (non-hydrogen) atoms. The van der Waals surface area contributed by atoms with Crippen molar-refractivity contribution in [2.24, 2.45) is 0 Å². The van der Waals surface area contributed by atoms with Crippen LogP contribution < -0.4 is 0 Å². The Morgan fingerprint density at radius 3 is 2.10 bits per heavy atom. The van der Waals surface area contributed by atoms with Crippen LogP contribution in [0.25, 0.3) is 0 Å². The van der Waals surface area contributed by atoms with E-state index in [1.165, 1.54) is 12.8 Å². The van der Waals surface area contributed by atoms with E-state index in [0.29, 0.717) is 0 Å². The Morgan fingerprint density at radius 1 is 1.30 bits per heavy atom. The van der Waals surface area contributed by atoms with Gasteiger partial charge in [0.1, 0.15) is 0 Å².